The van der Waals surface area contributed by atoms with Crippen LogP contribution in [-0.4, -0.2) is 87.4 Å². The number of nitrogens with zero attached hydrogens (tertiary/aromatic N) is 1. The van der Waals surface area contributed by atoms with Gasteiger partial charge in [-0.1, -0.05) is 275 Å². The molecular weight excluding hydrogens is 1050 g/mol. The summed E-state index contributed by atoms with van der Waals surface area (Å²) in [5.41, 5.74) is 0. The molecule has 2 unspecified atom stereocenters. The molecule has 0 aliphatic rings. The summed E-state index contributed by atoms with van der Waals surface area (Å²) in [5, 5.41) is 9.74. The molecule has 0 aliphatic heterocycles. The van der Waals surface area contributed by atoms with Crippen molar-refractivity contribution in [3.63, 3.8) is 0 Å². The predicted molar refractivity (Wildman–Crippen MR) is 364 cm³/mol. The number of rotatable bonds is 61. The number of unbranched alkanes of at least 4 members (excludes halogenated alkanes) is 22. The van der Waals surface area contributed by atoms with Gasteiger partial charge in [-0.05, 0) is 116 Å². The maximum atomic E-state index is 12.9. The molecule has 0 amide bonds. The highest BCUT2D eigenvalue weighted by atomic mass is 16.7. The Kier molecular flexibility index (Phi) is 61.4. The van der Waals surface area contributed by atoms with Crippen molar-refractivity contribution in [2.75, 3.05) is 47.5 Å². The van der Waals surface area contributed by atoms with Crippen molar-refractivity contribution in [2.45, 2.75) is 270 Å². The van der Waals surface area contributed by atoms with Crippen LogP contribution in [0.2, 0.25) is 0 Å². The number of carbonyl (C=O) groups is 3. The molecule has 0 fully saturated rings. The number of quaternary nitrogens is 1. The number of carboxylic acid groups (broad SMARTS) is 1. The van der Waals surface area contributed by atoms with Gasteiger partial charge < -0.3 is 28.5 Å². The smallest absolute Gasteiger partial charge is 0.361 e. The number of aliphatic carboxylic acids is 1. The third kappa shape index (κ3) is 66.5. The first-order chi connectivity index (χ1) is 41.6. The van der Waals surface area contributed by atoms with Gasteiger partial charge in [-0.2, -0.15) is 0 Å². The van der Waals surface area contributed by atoms with Gasteiger partial charge in [0.05, 0.1) is 34.4 Å². The van der Waals surface area contributed by atoms with E-state index in [2.05, 4.69) is 160 Å². The van der Waals surface area contributed by atoms with Gasteiger partial charge in [-0.15, -0.1) is 0 Å². The zero-order valence-corrected chi connectivity index (χ0v) is 55.0. The fourth-order valence-electron chi connectivity index (χ4n) is 8.96. The van der Waals surface area contributed by atoms with Crippen LogP contribution in [0.4, 0.5) is 0 Å². The van der Waals surface area contributed by atoms with Gasteiger partial charge in [0, 0.05) is 12.8 Å². The number of likely N-dealkylation sites (N-methyl/N-ethyl adjacent to an activating group) is 1. The Balaban J connectivity index is 4.15. The molecule has 85 heavy (non-hydrogen) atoms. The predicted octanol–water partition coefficient (Wildman–Crippen LogP) is 21.1. The Labute approximate surface area is 522 Å². The average Bonchev–Trinajstić information content (AvgIpc) is 3.48. The number of ether oxygens (including phenoxy) is 4. The lowest BCUT2D eigenvalue weighted by molar-refractivity contribution is -0.870. The van der Waals surface area contributed by atoms with Gasteiger partial charge >= 0.3 is 17.9 Å². The molecule has 0 aromatic carbocycles. The maximum Gasteiger partial charge on any atom is 0.361 e. The van der Waals surface area contributed by atoms with Crippen molar-refractivity contribution in [1.82, 2.24) is 0 Å². The van der Waals surface area contributed by atoms with E-state index < -0.39 is 24.3 Å². The van der Waals surface area contributed by atoms with Crippen LogP contribution in [0.5, 0.6) is 0 Å². The lowest BCUT2D eigenvalue weighted by atomic mass is 10.0. The minimum atomic E-state index is -1.52. The van der Waals surface area contributed by atoms with Crippen LogP contribution in [0.1, 0.15) is 258 Å². The summed E-state index contributed by atoms with van der Waals surface area (Å²) >= 11 is 0. The van der Waals surface area contributed by atoms with E-state index >= 15 is 0 Å². The summed E-state index contributed by atoms with van der Waals surface area (Å²) in [7, 11) is 5.96. The average molecular weight is 1180 g/mol. The quantitative estimate of drug-likeness (QED) is 0.0211. The summed E-state index contributed by atoms with van der Waals surface area (Å²) in [6.07, 6.45) is 92.4. The highest BCUT2D eigenvalue weighted by Crippen LogP contribution is 2.16. The summed E-state index contributed by atoms with van der Waals surface area (Å²) < 4.78 is 22.9. The van der Waals surface area contributed by atoms with Gasteiger partial charge in [0.25, 0.3) is 6.29 Å². The standard InChI is InChI=1S/C76H125NO8/c1-6-8-10-12-14-16-18-20-22-24-26-28-30-31-32-33-34-35-36-37-38-39-40-41-42-43-45-47-49-51-53-55-57-59-61-63-65-67-74(79)85-72(71-84-76(75(80)81)82-69-68-77(3,4)5)70-83-73(78)66-64-62-60-58-56-54-52-50-48-46-44-29-27-25-23-21-19-17-15-13-11-9-7-2/h8-11,14-17,20-23,26-29,31-32,34-35,46,48,52,54,72,76H,6-7,12-13,18-19,24-25,30,33,36-45,47,49-51,53,55-71H2,1-5H3/p+1/b10-8-,11-9-,16-14-,17-15-,22-20-,23-21-,28-26-,29-27-,32-31-,35-34-,48-46-,54-52-. The van der Waals surface area contributed by atoms with Crippen molar-refractivity contribution in [2.24, 2.45) is 0 Å². The molecule has 0 aliphatic carbocycles. The first-order valence-corrected chi connectivity index (χ1v) is 34.0. The van der Waals surface area contributed by atoms with Gasteiger partial charge in [-0.3, -0.25) is 9.59 Å². The third-order valence-electron chi connectivity index (χ3n) is 14.1. The molecular formula is C76H126NO8+. The molecule has 0 aromatic rings. The van der Waals surface area contributed by atoms with Crippen LogP contribution in [0.15, 0.2) is 146 Å². The second kappa shape index (κ2) is 65.2. The van der Waals surface area contributed by atoms with Crippen LogP contribution >= 0.6 is 0 Å². The van der Waals surface area contributed by atoms with E-state index in [0.29, 0.717) is 23.9 Å². The number of esters is 2. The molecule has 0 heterocycles. The minimum Gasteiger partial charge on any atom is -0.477 e. The fraction of sp³-hybridized carbons (Fsp3) is 0.645. The molecule has 0 rings (SSSR count). The normalized spacial score (nSPS) is 13.7. The van der Waals surface area contributed by atoms with E-state index in [1.165, 1.54) is 96.3 Å². The number of carboxylic acids is 1. The van der Waals surface area contributed by atoms with Gasteiger partial charge in [0.1, 0.15) is 13.2 Å². The zero-order chi connectivity index (χ0) is 61.9. The van der Waals surface area contributed by atoms with Crippen molar-refractivity contribution < 1.29 is 42.9 Å². The molecule has 0 aromatic heterocycles. The Morgan fingerprint density at radius 1 is 0.353 bits per heavy atom. The van der Waals surface area contributed by atoms with E-state index in [1.807, 2.05) is 21.1 Å². The minimum absolute atomic E-state index is 0.177. The molecule has 0 radical (unpaired) electrons. The van der Waals surface area contributed by atoms with E-state index in [0.717, 1.165) is 122 Å². The Morgan fingerprint density at radius 2 is 0.635 bits per heavy atom. The molecule has 0 saturated carbocycles. The van der Waals surface area contributed by atoms with Gasteiger partial charge in [0.2, 0.25) is 0 Å². The molecule has 482 valence electrons. The second-order valence-electron chi connectivity index (χ2n) is 23.4. The van der Waals surface area contributed by atoms with Gasteiger partial charge in [0.15, 0.2) is 6.10 Å². The summed E-state index contributed by atoms with van der Waals surface area (Å²) in [6, 6.07) is 0. The summed E-state index contributed by atoms with van der Waals surface area (Å²) in [4.78, 5) is 37.6. The molecule has 2 atom stereocenters. The topological polar surface area (TPSA) is 108 Å². The molecule has 9 heteroatoms. The van der Waals surface area contributed by atoms with Crippen molar-refractivity contribution in [3.05, 3.63) is 146 Å². The van der Waals surface area contributed by atoms with E-state index in [-0.39, 0.29) is 38.6 Å². The SMILES string of the molecule is CC/C=C\C/C=C\C/C=C\C/C=C\C/C=C\C/C=C\CCCCCCCCCCCCCCCCCCCCC(=O)OC(COC(=O)CCCCCC/C=C\C/C=C\C/C=C\C/C=C\C/C=C\C/C=C\CC)COC(OCC[N+](C)(C)C)C(=O)O. The maximum absolute atomic E-state index is 12.9. The van der Waals surface area contributed by atoms with Crippen molar-refractivity contribution in [3.8, 4) is 0 Å². The molecule has 1 N–H and O–H groups in total. The van der Waals surface area contributed by atoms with Crippen LogP contribution in [0.25, 0.3) is 0 Å². The Hall–Kier alpha value is -4.83. The lowest BCUT2D eigenvalue weighted by Gasteiger charge is -2.25. The lowest BCUT2D eigenvalue weighted by Crippen LogP contribution is -2.40. The van der Waals surface area contributed by atoms with E-state index in [9.17, 15) is 19.5 Å². The van der Waals surface area contributed by atoms with E-state index in [1.54, 1.807) is 0 Å². The molecule has 9 nitrogen and oxygen atoms in total. The first-order valence-electron chi connectivity index (χ1n) is 34.0. The summed E-state index contributed by atoms with van der Waals surface area (Å²) in [5.74, 6) is -2.04. The number of hydrogen-bond acceptors (Lipinski definition) is 7. The fourth-order valence-corrected chi connectivity index (χ4v) is 8.96. The largest absolute Gasteiger partial charge is 0.477 e. The summed E-state index contributed by atoms with van der Waals surface area (Å²) in [6.45, 7) is 4.62. The van der Waals surface area contributed by atoms with Crippen LogP contribution in [0, 0.1) is 0 Å². The highest BCUT2D eigenvalue weighted by Gasteiger charge is 2.25. The second-order valence-corrected chi connectivity index (χ2v) is 23.4. The molecule has 0 bridgehead atoms. The number of carbonyl (C=O) groups excluding carboxylic acids is 2. The Morgan fingerprint density at radius 3 is 0.941 bits per heavy atom. The molecule has 0 saturated heterocycles. The van der Waals surface area contributed by atoms with Crippen molar-refractivity contribution in [1.29, 1.82) is 0 Å². The van der Waals surface area contributed by atoms with Crippen LogP contribution < -0.4 is 0 Å². The Bertz CT molecular complexity index is 1900. The molecule has 0 spiro atoms. The zero-order valence-electron chi connectivity index (χ0n) is 55.0. The van der Waals surface area contributed by atoms with Gasteiger partial charge in [-0.25, -0.2) is 4.79 Å². The number of allylic oxidation sites excluding steroid dienone is 24. The van der Waals surface area contributed by atoms with Crippen LogP contribution in [0.3, 0.4) is 0 Å². The van der Waals surface area contributed by atoms with E-state index in [4.69, 9.17) is 18.9 Å². The highest BCUT2D eigenvalue weighted by molar-refractivity contribution is 5.71. The van der Waals surface area contributed by atoms with Crippen LogP contribution in [-0.2, 0) is 33.3 Å². The number of hydrogen-bond donors (Lipinski definition) is 1. The first kappa shape index (κ1) is 80.2. The third-order valence-corrected chi connectivity index (χ3v) is 14.1. The van der Waals surface area contributed by atoms with Crippen molar-refractivity contribution >= 4 is 17.9 Å². The monoisotopic (exact) mass is 1180 g/mol.